The fourth-order valence-corrected chi connectivity index (χ4v) is 2.57. The van der Waals surface area contributed by atoms with E-state index >= 15 is 0 Å². The van der Waals surface area contributed by atoms with Crippen LogP contribution in [0.1, 0.15) is 71.1 Å². The molecule has 0 heterocycles. The zero-order valence-corrected chi connectivity index (χ0v) is 13.4. The van der Waals surface area contributed by atoms with Crippen LogP contribution in [0, 0.1) is 0 Å². The van der Waals surface area contributed by atoms with Gasteiger partial charge in [0, 0.05) is 0 Å². The van der Waals surface area contributed by atoms with Crippen molar-refractivity contribution in [3.8, 4) is 0 Å². The molecule has 0 aromatic carbocycles. The molecule has 0 aliphatic heterocycles. The van der Waals surface area contributed by atoms with Crippen LogP contribution in [0.5, 0.6) is 0 Å². The monoisotopic (exact) mass is 294 g/mol. The van der Waals surface area contributed by atoms with Gasteiger partial charge in [0.15, 0.2) is 0 Å². The second-order valence-electron chi connectivity index (χ2n) is 4.85. The zero-order valence-electron chi connectivity index (χ0n) is 12.4. The highest BCUT2D eigenvalue weighted by atomic mass is 31.1. The quantitative estimate of drug-likeness (QED) is 0.361. The largest absolute Gasteiger partial charge is 0.394 e. The minimum Gasteiger partial charge on any atom is -0.394 e. The van der Waals surface area contributed by atoms with Crippen LogP contribution in [0.3, 0.4) is 0 Å². The van der Waals surface area contributed by atoms with Crippen molar-refractivity contribution in [1.29, 1.82) is 0 Å². The molecule has 1 unspecified atom stereocenters. The number of aliphatic hydroxyl groups excluding tert-OH is 1. The third kappa shape index (κ3) is 16.1. The number of rotatable bonds is 15. The third-order valence-corrected chi connectivity index (χ3v) is 3.91. The van der Waals surface area contributed by atoms with Gasteiger partial charge in [-0.3, -0.25) is 4.57 Å². The molecule has 4 nitrogen and oxygen atoms in total. The summed E-state index contributed by atoms with van der Waals surface area (Å²) in [7, 11) is -2.37. The molecule has 0 saturated carbocycles. The minimum absolute atomic E-state index is 0.0931. The molecule has 5 heteroatoms. The maximum absolute atomic E-state index is 11.1. The highest BCUT2D eigenvalue weighted by Crippen LogP contribution is 2.23. The molecule has 0 bridgehead atoms. The van der Waals surface area contributed by atoms with Crippen LogP contribution in [0.15, 0.2) is 0 Å². The van der Waals surface area contributed by atoms with Gasteiger partial charge in [-0.2, -0.15) is 0 Å². The molecular weight excluding hydrogens is 263 g/mol. The fraction of sp³-hybridized carbons (Fsp3) is 1.00. The average molecular weight is 294 g/mol. The van der Waals surface area contributed by atoms with E-state index in [9.17, 15) is 4.57 Å². The van der Waals surface area contributed by atoms with Crippen molar-refractivity contribution < 1.29 is 18.7 Å². The zero-order chi connectivity index (χ0) is 14.2. The predicted octanol–water partition coefficient (Wildman–Crippen LogP) is 4.32. The van der Waals surface area contributed by atoms with Crippen LogP contribution < -0.4 is 0 Å². The Morgan fingerprint density at radius 2 is 1.26 bits per heavy atom. The second-order valence-corrected chi connectivity index (χ2v) is 5.93. The van der Waals surface area contributed by atoms with Crippen molar-refractivity contribution in [2.24, 2.45) is 0 Å². The smallest absolute Gasteiger partial charge is 0.319 e. The standard InChI is InChI=1S/C14H31O4P/c1-2-3-4-5-6-7-8-9-10-11-13-17-19(16)18-14-12-15/h15,19H,2-14H2,1H3. The second kappa shape index (κ2) is 16.2. The summed E-state index contributed by atoms with van der Waals surface area (Å²) in [5.74, 6) is 0. The molecule has 0 aromatic rings. The highest BCUT2D eigenvalue weighted by molar-refractivity contribution is 7.33. The average Bonchev–Trinajstić information content (AvgIpc) is 2.42. The van der Waals surface area contributed by atoms with Crippen molar-refractivity contribution in [2.45, 2.75) is 71.1 Å². The van der Waals surface area contributed by atoms with E-state index in [2.05, 4.69) is 6.92 Å². The molecule has 0 spiro atoms. The van der Waals surface area contributed by atoms with E-state index < -0.39 is 8.25 Å². The first-order valence-corrected chi connectivity index (χ1v) is 8.94. The molecule has 0 aromatic heterocycles. The molecule has 0 aliphatic carbocycles. The summed E-state index contributed by atoms with van der Waals surface area (Å²) in [6.07, 6.45) is 12.7. The van der Waals surface area contributed by atoms with E-state index in [4.69, 9.17) is 14.2 Å². The number of aliphatic hydroxyl groups is 1. The third-order valence-electron chi connectivity index (χ3n) is 3.03. The summed E-state index contributed by atoms with van der Waals surface area (Å²) in [4.78, 5) is 0. The minimum atomic E-state index is -2.37. The molecule has 0 amide bonds. The van der Waals surface area contributed by atoms with Crippen molar-refractivity contribution in [3.63, 3.8) is 0 Å². The van der Waals surface area contributed by atoms with Crippen molar-refractivity contribution in [2.75, 3.05) is 19.8 Å². The molecule has 0 saturated heterocycles. The molecule has 0 radical (unpaired) electrons. The van der Waals surface area contributed by atoms with Crippen LogP contribution in [0.25, 0.3) is 0 Å². The number of hydrogen-bond donors (Lipinski definition) is 1. The fourth-order valence-electron chi connectivity index (χ4n) is 1.92. The molecule has 116 valence electrons. The Labute approximate surface area is 118 Å². The van der Waals surface area contributed by atoms with Gasteiger partial charge in [-0.05, 0) is 6.42 Å². The topological polar surface area (TPSA) is 55.8 Å². The number of hydrogen-bond acceptors (Lipinski definition) is 4. The van der Waals surface area contributed by atoms with Gasteiger partial charge in [-0.25, -0.2) is 0 Å². The van der Waals surface area contributed by atoms with Gasteiger partial charge >= 0.3 is 8.25 Å². The maximum Gasteiger partial charge on any atom is 0.319 e. The van der Waals surface area contributed by atoms with Gasteiger partial charge in [0.2, 0.25) is 0 Å². The lowest BCUT2D eigenvalue weighted by Crippen LogP contribution is -1.94. The Hall–Kier alpha value is 0.110. The van der Waals surface area contributed by atoms with Crippen LogP contribution >= 0.6 is 8.25 Å². The van der Waals surface area contributed by atoms with Gasteiger partial charge < -0.3 is 14.2 Å². The lowest BCUT2D eigenvalue weighted by atomic mass is 10.1. The summed E-state index contributed by atoms with van der Waals surface area (Å²) < 4.78 is 20.9. The van der Waals surface area contributed by atoms with Crippen LogP contribution in [0.4, 0.5) is 0 Å². The Morgan fingerprint density at radius 1 is 0.789 bits per heavy atom. The van der Waals surface area contributed by atoms with E-state index in [-0.39, 0.29) is 13.2 Å². The Balaban J connectivity index is 3.04. The summed E-state index contributed by atoms with van der Waals surface area (Å²) in [5, 5.41) is 8.47. The Kier molecular flexibility index (Phi) is 16.3. The molecule has 0 rings (SSSR count). The molecular formula is C14H31O4P. The summed E-state index contributed by atoms with van der Waals surface area (Å²) in [6.45, 7) is 2.72. The lowest BCUT2D eigenvalue weighted by molar-refractivity contribution is 0.173. The molecule has 19 heavy (non-hydrogen) atoms. The van der Waals surface area contributed by atoms with E-state index in [1.165, 1.54) is 51.4 Å². The van der Waals surface area contributed by atoms with E-state index in [1.54, 1.807) is 0 Å². The van der Waals surface area contributed by atoms with E-state index in [0.29, 0.717) is 6.61 Å². The summed E-state index contributed by atoms with van der Waals surface area (Å²) in [5.41, 5.74) is 0. The van der Waals surface area contributed by atoms with Gasteiger partial charge in [-0.15, -0.1) is 0 Å². The van der Waals surface area contributed by atoms with Gasteiger partial charge in [0.1, 0.15) is 0 Å². The SMILES string of the molecule is CCCCCCCCCCCCO[PH](=O)OCCO. The number of unbranched alkanes of at least 4 members (excludes halogenated alkanes) is 9. The van der Waals surface area contributed by atoms with Gasteiger partial charge in [-0.1, -0.05) is 64.7 Å². The van der Waals surface area contributed by atoms with Crippen LogP contribution in [-0.4, -0.2) is 24.9 Å². The highest BCUT2D eigenvalue weighted by Gasteiger charge is 1.98. The van der Waals surface area contributed by atoms with Crippen molar-refractivity contribution in [3.05, 3.63) is 0 Å². The van der Waals surface area contributed by atoms with Crippen molar-refractivity contribution in [1.82, 2.24) is 0 Å². The molecule has 0 fully saturated rings. The Bertz CT molecular complexity index is 200. The van der Waals surface area contributed by atoms with Crippen LogP contribution in [0.2, 0.25) is 0 Å². The summed E-state index contributed by atoms with van der Waals surface area (Å²) >= 11 is 0. The van der Waals surface area contributed by atoms with Crippen molar-refractivity contribution >= 4 is 8.25 Å². The lowest BCUT2D eigenvalue weighted by Gasteiger charge is -2.04. The van der Waals surface area contributed by atoms with Gasteiger partial charge in [0.05, 0.1) is 19.8 Å². The van der Waals surface area contributed by atoms with E-state index in [1.807, 2.05) is 0 Å². The predicted molar refractivity (Wildman–Crippen MR) is 79.8 cm³/mol. The van der Waals surface area contributed by atoms with Gasteiger partial charge in [0.25, 0.3) is 0 Å². The first kappa shape index (κ1) is 19.1. The first-order chi connectivity index (χ1) is 9.31. The first-order valence-electron chi connectivity index (χ1n) is 7.71. The summed E-state index contributed by atoms with van der Waals surface area (Å²) in [6, 6.07) is 0. The Morgan fingerprint density at radius 3 is 1.79 bits per heavy atom. The molecule has 1 N–H and O–H groups in total. The molecule has 1 atom stereocenters. The normalized spacial score (nSPS) is 12.7. The van der Waals surface area contributed by atoms with Crippen LogP contribution in [-0.2, 0) is 13.6 Å². The maximum atomic E-state index is 11.1. The molecule has 0 aliphatic rings. The van der Waals surface area contributed by atoms with E-state index in [0.717, 1.165) is 12.8 Å².